The van der Waals surface area contributed by atoms with E-state index in [2.05, 4.69) is 38.0 Å². The highest BCUT2D eigenvalue weighted by atomic mass is 35.5. The van der Waals surface area contributed by atoms with Crippen LogP contribution in [0.25, 0.3) is 0 Å². The van der Waals surface area contributed by atoms with Gasteiger partial charge in [0, 0.05) is 18.1 Å². The zero-order chi connectivity index (χ0) is 14.9. The topological polar surface area (TPSA) is 34.1 Å². The molecule has 0 spiro atoms. The van der Waals surface area contributed by atoms with Gasteiger partial charge in [-0.3, -0.25) is 0 Å². The highest BCUT2D eigenvalue weighted by Gasteiger charge is 2.49. The van der Waals surface area contributed by atoms with Gasteiger partial charge in [0.05, 0.1) is 18.0 Å². The Labute approximate surface area is 127 Å². The average molecular weight is 297 g/mol. The summed E-state index contributed by atoms with van der Waals surface area (Å²) < 4.78 is 5.99. The van der Waals surface area contributed by atoms with E-state index in [1.807, 2.05) is 13.0 Å². The third-order valence-electron chi connectivity index (χ3n) is 4.16. The molecule has 1 aliphatic carbocycles. The maximum absolute atomic E-state index is 5.99. The quantitative estimate of drug-likeness (QED) is 0.823. The van der Waals surface area contributed by atoms with Gasteiger partial charge in [-0.2, -0.15) is 0 Å². The van der Waals surface area contributed by atoms with E-state index in [1.54, 1.807) is 6.20 Å². The summed E-state index contributed by atoms with van der Waals surface area (Å²) in [6.07, 6.45) is 3.18. The number of ether oxygens (including phenoxy) is 1. The minimum absolute atomic E-state index is 0.141. The second kappa shape index (κ2) is 5.90. The predicted molar refractivity (Wildman–Crippen MR) is 84.4 cm³/mol. The molecule has 0 saturated heterocycles. The van der Waals surface area contributed by atoms with Crippen molar-refractivity contribution in [3.63, 3.8) is 0 Å². The van der Waals surface area contributed by atoms with E-state index in [9.17, 15) is 0 Å². The lowest BCUT2D eigenvalue weighted by Gasteiger charge is -2.52. The lowest BCUT2D eigenvalue weighted by Crippen LogP contribution is -2.58. The van der Waals surface area contributed by atoms with Crippen LogP contribution in [-0.4, -0.2) is 23.7 Å². The standard InChI is InChI=1S/C16H25ClN2O/c1-10(2)9-20-14-7-13(16(14,4)5)19-12-6-11(3)15(17)18-8-12/h6,8,10,13-14,19H,7,9H2,1-5H3. The molecule has 0 amide bonds. The molecular formula is C16H25ClN2O. The third kappa shape index (κ3) is 3.26. The lowest BCUT2D eigenvalue weighted by molar-refractivity contribution is -0.108. The predicted octanol–water partition coefficient (Wildman–Crippen LogP) is 4.30. The minimum atomic E-state index is 0.141. The van der Waals surface area contributed by atoms with Crippen LogP contribution >= 0.6 is 11.6 Å². The highest BCUT2D eigenvalue weighted by Crippen LogP contribution is 2.44. The SMILES string of the molecule is Cc1cc(NC2CC(OCC(C)C)C2(C)C)cnc1Cl. The fourth-order valence-electron chi connectivity index (χ4n) is 2.56. The summed E-state index contributed by atoms with van der Waals surface area (Å²) in [6.45, 7) is 11.7. The van der Waals surface area contributed by atoms with Crippen LogP contribution in [0.2, 0.25) is 5.15 Å². The van der Waals surface area contributed by atoms with E-state index in [0.29, 0.717) is 23.2 Å². The Morgan fingerprint density at radius 2 is 2.20 bits per heavy atom. The van der Waals surface area contributed by atoms with Crippen LogP contribution in [0.4, 0.5) is 5.69 Å². The zero-order valence-electron chi connectivity index (χ0n) is 13.0. The first-order chi connectivity index (χ1) is 9.30. The molecule has 2 rings (SSSR count). The number of nitrogens with one attached hydrogen (secondary N) is 1. The molecule has 1 aliphatic rings. The zero-order valence-corrected chi connectivity index (χ0v) is 13.8. The van der Waals surface area contributed by atoms with Gasteiger partial charge in [-0.1, -0.05) is 39.3 Å². The van der Waals surface area contributed by atoms with Crippen LogP contribution in [0.5, 0.6) is 0 Å². The van der Waals surface area contributed by atoms with Gasteiger partial charge in [-0.25, -0.2) is 4.98 Å². The smallest absolute Gasteiger partial charge is 0.132 e. The number of rotatable bonds is 5. The molecule has 1 aromatic rings. The summed E-state index contributed by atoms with van der Waals surface area (Å²) in [6, 6.07) is 2.47. The summed E-state index contributed by atoms with van der Waals surface area (Å²) in [5.41, 5.74) is 2.18. The van der Waals surface area contributed by atoms with Gasteiger partial charge in [0.25, 0.3) is 0 Å². The largest absolute Gasteiger partial charge is 0.380 e. The van der Waals surface area contributed by atoms with Crippen molar-refractivity contribution in [3.8, 4) is 0 Å². The fraction of sp³-hybridized carbons (Fsp3) is 0.688. The molecule has 0 radical (unpaired) electrons. The molecule has 0 bridgehead atoms. The van der Waals surface area contributed by atoms with E-state index in [-0.39, 0.29) is 5.41 Å². The van der Waals surface area contributed by atoms with Gasteiger partial charge in [-0.05, 0) is 30.9 Å². The first-order valence-corrected chi connectivity index (χ1v) is 7.68. The molecule has 0 aliphatic heterocycles. The van der Waals surface area contributed by atoms with E-state index < -0.39 is 0 Å². The molecule has 1 heterocycles. The number of nitrogens with zero attached hydrogens (tertiary/aromatic N) is 1. The number of pyridine rings is 1. The second-order valence-corrected chi connectivity index (χ2v) is 7.16. The van der Waals surface area contributed by atoms with Crippen molar-refractivity contribution in [2.45, 2.75) is 53.2 Å². The number of hydrogen-bond acceptors (Lipinski definition) is 3. The summed E-state index contributed by atoms with van der Waals surface area (Å²) >= 11 is 5.96. The van der Waals surface area contributed by atoms with Crippen LogP contribution in [0, 0.1) is 18.3 Å². The van der Waals surface area contributed by atoms with Crippen molar-refractivity contribution in [1.29, 1.82) is 0 Å². The number of halogens is 1. The van der Waals surface area contributed by atoms with Crippen molar-refractivity contribution in [3.05, 3.63) is 23.0 Å². The minimum Gasteiger partial charge on any atom is -0.380 e. The maximum atomic E-state index is 5.99. The Morgan fingerprint density at radius 3 is 2.75 bits per heavy atom. The number of anilines is 1. The van der Waals surface area contributed by atoms with Gasteiger partial charge >= 0.3 is 0 Å². The highest BCUT2D eigenvalue weighted by molar-refractivity contribution is 6.30. The molecule has 2 atom stereocenters. The molecule has 112 valence electrons. The van der Waals surface area contributed by atoms with Gasteiger partial charge < -0.3 is 10.1 Å². The van der Waals surface area contributed by atoms with E-state index >= 15 is 0 Å². The van der Waals surface area contributed by atoms with Gasteiger partial charge in [0.2, 0.25) is 0 Å². The van der Waals surface area contributed by atoms with Gasteiger partial charge in [-0.15, -0.1) is 0 Å². The lowest BCUT2D eigenvalue weighted by atomic mass is 9.64. The van der Waals surface area contributed by atoms with Crippen LogP contribution in [0.15, 0.2) is 12.3 Å². The van der Waals surface area contributed by atoms with Crippen LogP contribution in [0.1, 0.15) is 39.7 Å². The van der Waals surface area contributed by atoms with Crippen LogP contribution in [0.3, 0.4) is 0 Å². The van der Waals surface area contributed by atoms with E-state index in [4.69, 9.17) is 16.3 Å². The summed E-state index contributed by atoms with van der Waals surface area (Å²) in [7, 11) is 0. The third-order valence-corrected chi connectivity index (χ3v) is 4.56. The molecule has 20 heavy (non-hydrogen) atoms. The molecule has 0 aromatic carbocycles. The van der Waals surface area contributed by atoms with Crippen LogP contribution < -0.4 is 5.32 Å². The normalized spacial score (nSPS) is 24.6. The number of aromatic nitrogens is 1. The molecule has 1 N–H and O–H groups in total. The summed E-state index contributed by atoms with van der Waals surface area (Å²) in [5, 5.41) is 4.12. The van der Waals surface area contributed by atoms with Crippen molar-refractivity contribution in [2.24, 2.45) is 11.3 Å². The van der Waals surface area contributed by atoms with Crippen molar-refractivity contribution in [1.82, 2.24) is 4.98 Å². The average Bonchev–Trinajstić information content (AvgIpc) is 2.36. The second-order valence-electron chi connectivity index (χ2n) is 6.80. The molecule has 2 unspecified atom stereocenters. The molecular weight excluding hydrogens is 272 g/mol. The molecule has 1 saturated carbocycles. The fourth-order valence-corrected chi connectivity index (χ4v) is 2.66. The van der Waals surface area contributed by atoms with E-state index in [1.165, 1.54) is 0 Å². The van der Waals surface area contributed by atoms with E-state index in [0.717, 1.165) is 24.3 Å². The molecule has 4 heteroatoms. The summed E-state index contributed by atoms with van der Waals surface area (Å²) in [5.74, 6) is 0.584. The molecule has 1 fully saturated rings. The Morgan fingerprint density at radius 1 is 1.50 bits per heavy atom. The Hall–Kier alpha value is -0.800. The van der Waals surface area contributed by atoms with Gasteiger partial charge in [0.15, 0.2) is 0 Å². The van der Waals surface area contributed by atoms with Crippen molar-refractivity contribution in [2.75, 3.05) is 11.9 Å². The molecule has 3 nitrogen and oxygen atoms in total. The molecule has 1 aromatic heterocycles. The number of hydrogen-bond donors (Lipinski definition) is 1. The van der Waals surface area contributed by atoms with Gasteiger partial charge in [0.1, 0.15) is 5.15 Å². The van der Waals surface area contributed by atoms with Crippen LogP contribution in [-0.2, 0) is 4.74 Å². The maximum Gasteiger partial charge on any atom is 0.132 e. The number of aryl methyl sites for hydroxylation is 1. The Balaban J connectivity index is 1.93. The van der Waals surface area contributed by atoms with Crippen molar-refractivity contribution < 1.29 is 4.74 Å². The Bertz CT molecular complexity index is 474. The first kappa shape index (κ1) is 15.6. The first-order valence-electron chi connectivity index (χ1n) is 7.31. The Kier molecular flexibility index (Phi) is 4.60. The monoisotopic (exact) mass is 296 g/mol. The van der Waals surface area contributed by atoms with Crippen molar-refractivity contribution >= 4 is 17.3 Å². The summed E-state index contributed by atoms with van der Waals surface area (Å²) in [4.78, 5) is 4.19.